The maximum atomic E-state index is 11.4. The Bertz CT molecular complexity index is 1110. The molecule has 0 bridgehead atoms. The molecule has 0 spiro atoms. The largest absolute Gasteiger partial charge is 0.493 e. The fraction of sp³-hybridized carbons (Fsp3) is 0.200. The van der Waals surface area contributed by atoms with Crippen LogP contribution >= 0.6 is 0 Å². The number of benzene rings is 2. The molecule has 1 heterocycles. The Hall–Kier alpha value is -3.64. The molecular formula is C25H25NO5. The van der Waals surface area contributed by atoms with Crippen LogP contribution in [-0.4, -0.2) is 42.5 Å². The minimum atomic E-state index is -0.966. The minimum Gasteiger partial charge on any atom is -0.493 e. The Kier molecular flexibility index (Phi) is 7.40. The van der Waals surface area contributed by atoms with E-state index in [1.54, 1.807) is 20.1 Å². The van der Waals surface area contributed by atoms with Crippen molar-refractivity contribution in [2.75, 3.05) is 20.3 Å². The van der Waals surface area contributed by atoms with Crippen LogP contribution in [-0.2, 0) is 9.53 Å². The second kappa shape index (κ2) is 10.4. The monoisotopic (exact) mass is 419 g/mol. The standard InChI is InChI=1S/C25H25NO5/c1-17(2)25(28)31-16-21(27)15-30-23-13-9-18(14-24(23)29-3)8-11-20-12-10-19-6-4-5-7-22(19)26-20/h4-14,21,27H,1,15-16H2,2-3H3. The van der Waals surface area contributed by atoms with E-state index in [2.05, 4.69) is 11.6 Å². The molecule has 0 aliphatic heterocycles. The van der Waals surface area contributed by atoms with Crippen LogP contribution in [0.25, 0.3) is 23.1 Å². The Morgan fingerprint density at radius 2 is 1.90 bits per heavy atom. The molecule has 1 N–H and O–H groups in total. The lowest BCUT2D eigenvalue weighted by molar-refractivity contribution is -0.142. The number of aromatic nitrogens is 1. The molecule has 0 saturated heterocycles. The van der Waals surface area contributed by atoms with Crippen molar-refractivity contribution in [1.29, 1.82) is 0 Å². The number of methoxy groups -OCH3 is 1. The topological polar surface area (TPSA) is 77.9 Å². The van der Waals surface area contributed by atoms with Gasteiger partial charge in [-0.25, -0.2) is 9.78 Å². The van der Waals surface area contributed by atoms with E-state index in [4.69, 9.17) is 14.2 Å². The average molecular weight is 419 g/mol. The van der Waals surface area contributed by atoms with Gasteiger partial charge in [0, 0.05) is 11.0 Å². The number of pyridine rings is 1. The van der Waals surface area contributed by atoms with Crippen LogP contribution in [0.15, 0.2) is 66.7 Å². The highest BCUT2D eigenvalue weighted by Crippen LogP contribution is 2.29. The lowest BCUT2D eigenvalue weighted by Gasteiger charge is -2.15. The van der Waals surface area contributed by atoms with Gasteiger partial charge in [-0.2, -0.15) is 0 Å². The van der Waals surface area contributed by atoms with Gasteiger partial charge < -0.3 is 19.3 Å². The van der Waals surface area contributed by atoms with Gasteiger partial charge in [-0.3, -0.25) is 0 Å². The zero-order valence-corrected chi connectivity index (χ0v) is 17.6. The van der Waals surface area contributed by atoms with Crippen molar-refractivity contribution in [3.63, 3.8) is 0 Å². The highest BCUT2D eigenvalue weighted by molar-refractivity contribution is 5.86. The molecule has 0 saturated carbocycles. The van der Waals surface area contributed by atoms with E-state index in [-0.39, 0.29) is 18.8 Å². The summed E-state index contributed by atoms with van der Waals surface area (Å²) in [6.45, 7) is 4.82. The van der Waals surface area contributed by atoms with Gasteiger partial charge in [0.25, 0.3) is 0 Å². The van der Waals surface area contributed by atoms with Gasteiger partial charge in [-0.05, 0) is 42.8 Å². The third-order valence-corrected chi connectivity index (χ3v) is 4.44. The highest BCUT2D eigenvalue weighted by atomic mass is 16.6. The van der Waals surface area contributed by atoms with Gasteiger partial charge in [0.2, 0.25) is 0 Å². The number of rotatable bonds is 9. The van der Waals surface area contributed by atoms with E-state index < -0.39 is 12.1 Å². The van der Waals surface area contributed by atoms with Gasteiger partial charge in [0.05, 0.1) is 18.3 Å². The van der Waals surface area contributed by atoms with Crippen molar-refractivity contribution in [1.82, 2.24) is 4.98 Å². The Morgan fingerprint density at radius 1 is 1.10 bits per heavy atom. The fourth-order valence-electron chi connectivity index (χ4n) is 2.79. The summed E-state index contributed by atoms with van der Waals surface area (Å²) in [5.74, 6) is 0.460. The third-order valence-electron chi connectivity index (χ3n) is 4.44. The third kappa shape index (κ3) is 6.17. The normalized spacial score (nSPS) is 12.0. The molecule has 0 amide bonds. The quantitative estimate of drug-likeness (QED) is 0.412. The van der Waals surface area contributed by atoms with Crippen molar-refractivity contribution in [2.45, 2.75) is 13.0 Å². The smallest absolute Gasteiger partial charge is 0.333 e. The van der Waals surface area contributed by atoms with Crippen LogP contribution in [0.5, 0.6) is 11.5 Å². The van der Waals surface area contributed by atoms with Gasteiger partial charge >= 0.3 is 5.97 Å². The Morgan fingerprint density at radius 3 is 2.68 bits per heavy atom. The first kappa shape index (κ1) is 22.1. The summed E-state index contributed by atoms with van der Waals surface area (Å²) in [6.07, 6.45) is 2.91. The zero-order chi connectivity index (χ0) is 22.2. The van der Waals surface area contributed by atoms with Gasteiger partial charge in [-0.15, -0.1) is 0 Å². The second-order valence-electron chi connectivity index (χ2n) is 7.02. The summed E-state index contributed by atoms with van der Waals surface area (Å²) >= 11 is 0. The number of para-hydroxylation sites is 1. The molecule has 0 fully saturated rings. The average Bonchev–Trinajstić information content (AvgIpc) is 2.79. The molecule has 3 aromatic rings. The van der Waals surface area contributed by atoms with Crippen LogP contribution < -0.4 is 9.47 Å². The first-order chi connectivity index (χ1) is 15.0. The van der Waals surface area contributed by atoms with E-state index in [0.717, 1.165) is 22.2 Å². The van der Waals surface area contributed by atoms with Crippen molar-refractivity contribution in [2.24, 2.45) is 0 Å². The second-order valence-corrected chi connectivity index (χ2v) is 7.02. The molecule has 0 aliphatic rings. The van der Waals surface area contributed by atoms with E-state index in [0.29, 0.717) is 11.5 Å². The lowest BCUT2D eigenvalue weighted by Crippen LogP contribution is -2.25. The summed E-state index contributed by atoms with van der Waals surface area (Å²) in [5, 5.41) is 11.1. The first-order valence-corrected chi connectivity index (χ1v) is 9.81. The summed E-state index contributed by atoms with van der Waals surface area (Å²) < 4.78 is 15.9. The molecule has 160 valence electrons. The minimum absolute atomic E-state index is 0.0456. The van der Waals surface area contributed by atoms with Crippen LogP contribution in [0, 0.1) is 0 Å². The maximum Gasteiger partial charge on any atom is 0.333 e. The van der Waals surface area contributed by atoms with E-state index >= 15 is 0 Å². The molecule has 1 atom stereocenters. The Labute approximate surface area is 181 Å². The van der Waals surface area contributed by atoms with Crippen molar-refractivity contribution in [3.8, 4) is 11.5 Å². The number of hydrogen-bond donors (Lipinski definition) is 1. The van der Waals surface area contributed by atoms with E-state index in [9.17, 15) is 9.90 Å². The number of fused-ring (bicyclic) bond motifs is 1. The van der Waals surface area contributed by atoms with Crippen LogP contribution in [0.4, 0.5) is 0 Å². The Balaban J connectivity index is 1.62. The number of aliphatic hydroxyl groups excluding tert-OH is 1. The van der Waals surface area contributed by atoms with E-state index in [1.807, 2.05) is 60.7 Å². The number of ether oxygens (including phenoxy) is 3. The molecule has 1 aromatic heterocycles. The molecule has 0 aliphatic carbocycles. The number of aliphatic hydroxyl groups is 1. The SMILES string of the molecule is C=C(C)C(=O)OCC(O)COc1ccc(C=Cc2ccc3ccccc3n2)cc1OC. The summed E-state index contributed by atoms with van der Waals surface area (Å²) in [5.41, 5.74) is 2.98. The molecule has 0 radical (unpaired) electrons. The number of carbonyl (C=O) groups excluding carboxylic acids is 1. The highest BCUT2D eigenvalue weighted by Gasteiger charge is 2.12. The summed E-state index contributed by atoms with van der Waals surface area (Å²) in [4.78, 5) is 16.0. The van der Waals surface area contributed by atoms with Gasteiger partial charge in [-0.1, -0.05) is 43.0 Å². The van der Waals surface area contributed by atoms with Crippen molar-refractivity contribution < 1.29 is 24.1 Å². The van der Waals surface area contributed by atoms with E-state index in [1.165, 1.54) is 0 Å². The number of carbonyl (C=O) groups is 1. The molecule has 31 heavy (non-hydrogen) atoms. The van der Waals surface area contributed by atoms with Crippen LogP contribution in [0.3, 0.4) is 0 Å². The van der Waals surface area contributed by atoms with Gasteiger partial charge in [0.15, 0.2) is 11.5 Å². The predicted octanol–water partition coefficient (Wildman–Crippen LogP) is 4.27. The van der Waals surface area contributed by atoms with Crippen molar-refractivity contribution in [3.05, 3.63) is 78.0 Å². The van der Waals surface area contributed by atoms with Gasteiger partial charge in [0.1, 0.15) is 19.3 Å². The predicted molar refractivity (Wildman–Crippen MR) is 121 cm³/mol. The molecule has 1 unspecified atom stereocenters. The molecule has 3 rings (SSSR count). The van der Waals surface area contributed by atoms with Crippen LogP contribution in [0.2, 0.25) is 0 Å². The number of hydrogen-bond acceptors (Lipinski definition) is 6. The molecular weight excluding hydrogens is 394 g/mol. The molecule has 2 aromatic carbocycles. The number of nitrogens with zero attached hydrogens (tertiary/aromatic N) is 1. The van der Waals surface area contributed by atoms with Crippen LogP contribution in [0.1, 0.15) is 18.2 Å². The lowest BCUT2D eigenvalue weighted by atomic mass is 10.1. The molecule has 6 nitrogen and oxygen atoms in total. The van der Waals surface area contributed by atoms with Crippen molar-refractivity contribution >= 4 is 29.0 Å². The first-order valence-electron chi connectivity index (χ1n) is 9.81. The fourth-order valence-corrected chi connectivity index (χ4v) is 2.79. The number of esters is 1. The zero-order valence-electron chi connectivity index (χ0n) is 17.6. The summed E-state index contributed by atoms with van der Waals surface area (Å²) in [7, 11) is 1.55. The maximum absolute atomic E-state index is 11.4. The summed E-state index contributed by atoms with van der Waals surface area (Å²) in [6, 6.07) is 17.4. The molecule has 6 heteroatoms.